The third-order valence-corrected chi connectivity index (χ3v) is 3.00. The third-order valence-electron chi connectivity index (χ3n) is 3.00. The maximum absolute atomic E-state index is 11.8. The topological polar surface area (TPSA) is 70.0 Å². The van der Waals surface area contributed by atoms with Crippen molar-refractivity contribution in [2.75, 3.05) is 6.54 Å². The number of benzene rings is 1. The van der Waals surface area contributed by atoms with E-state index in [0.29, 0.717) is 19.4 Å². The molecular formula is C13H17NO4. The van der Waals surface area contributed by atoms with Crippen LogP contribution in [0.2, 0.25) is 0 Å². The summed E-state index contributed by atoms with van der Waals surface area (Å²) in [5.74, 6) is 0. The molecule has 2 atom stereocenters. The minimum Gasteiger partial charge on any atom is -0.444 e. The molecule has 1 aliphatic rings. The minimum atomic E-state index is -1.16. The second-order valence-corrected chi connectivity index (χ2v) is 4.36. The molecule has 1 heterocycles. The van der Waals surface area contributed by atoms with Crippen LogP contribution in [0.25, 0.3) is 0 Å². The zero-order valence-corrected chi connectivity index (χ0v) is 10.0. The maximum Gasteiger partial charge on any atom is 0.412 e. The van der Waals surface area contributed by atoms with E-state index >= 15 is 0 Å². The normalized spacial score (nSPS) is 23.8. The molecule has 2 N–H and O–H groups in total. The number of aliphatic hydroxyl groups is 2. The zero-order valence-electron chi connectivity index (χ0n) is 10.0. The van der Waals surface area contributed by atoms with Crippen molar-refractivity contribution in [2.24, 2.45) is 0 Å². The van der Waals surface area contributed by atoms with Crippen LogP contribution in [0.15, 0.2) is 30.3 Å². The van der Waals surface area contributed by atoms with Crippen molar-refractivity contribution in [3.8, 4) is 0 Å². The number of nitrogens with zero attached hydrogens (tertiary/aromatic N) is 1. The monoisotopic (exact) mass is 251 g/mol. The van der Waals surface area contributed by atoms with E-state index < -0.39 is 18.4 Å². The Hall–Kier alpha value is -1.59. The Morgan fingerprint density at radius 1 is 1.33 bits per heavy atom. The van der Waals surface area contributed by atoms with Crippen LogP contribution in [-0.2, 0) is 11.3 Å². The van der Waals surface area contributed by atoms with Gasteiger partial charge in [-0.3, -0.25) is 4.90 Å². The van der Waals surface area contributed by atoms with Crippen LogP contribution >= 0.6 is 0 Å². The molecule has 0 aliphatic carbocycles. The molecule has 1 fully saturated rings. The van der Waals surface area contributed by atoms with Gasteiger partial charge in [0.15, 0.2) is 6.23 Å². The minimum absolute atomic E-state index is 0.166. The van der Waals surface area contributed by atoms with Gasteiger partial charge < -0.3 is 14.9 Å². The number of amides is 1. The Morgan fingerprint density at radius 3 is 2.78 bits per heavy atom. The quantitative estimate of drug-likeness (QED) is 0.825. The molecule has 1 aromatic rings. The van der Waals surface area contributed by atoms with Crippen molar-refractivity contribution in [3.05, 3.63) is 35.9 Å². The lowest BCUT2D eigenvalue weighted by molar-refractivity contribution is -0.0982. The summed E-state index contributed by atoms with van der Waals surface area (Å²) in [7, 11) is 0. The Balaban J connectivity index is 1.88. The average molecular weight is 251 g/mol. The number of carbonyl (C=O) groups excluding carboxylic acids is 1. The lowest BCUT2D eigenvalue weighted by Gasteiger charge is -2.34. The number of hydrogen-bond acceptors (Lipinski definition) is 4. The van der Waals surface area contributed by atoms with Crippen molar-refractivity contribution < 1.29 is 19.7 Å². The van der Waals surface area contributed by atoms with Crippen LogP contribution in [0.5, 0.6) is 0 Å². The number of piperidine rings is 1. The molecule has 1 aliphatic heterocycles. The molecule has 1 saturated heterocycles. The molecule has 18 heavy (non-hydrogen) atoms. The number of likely N-dealkylation sites (tertiary alicyclic amines) is 1. The van der Waals surface area contributed by atoms with E-state index in [2.05, 4.69) is 0 Å². The first-order valence-electron chi connectivity index (χ1n) is 6.02. The Morgan fingerprint density at radius 2 is 2.06 bits per heavy atom. The van der Waals surface area contributed by atoms with Crippen molar-refractivity contribution in [1.82, 2.24) is 4.90 Å². The molecule has 2 rings (SSSR count). The van der Waals surface area contributed by atoms with Gasteiger partial charge in [-0.25, -0.2) is 4.79 Å². The number of aliphatic hydroxyl groups excluding tert-OH is 2. The zero-order chi connectivity index (χ0) is 13.0. The van der Waals surface area contributed by atoms with Crippen LogP contribution in [0, 0.1) is 0 Å². The SMILES string of the molecule is O=C(OCc1ccccc1)N1CCC[C@@H](O)[C@@H]1O. The Labute approximate surface area is 106 Å². The molecule has 1 aromatic carbocycles. The Bertz CT molecular complexity index is 395. The van der Waals surface area contributed by atoms with E-state index in [-0.39, 0.29) is 6.61 Å². The summed E-state index contributed by atoms with van der Waals surface area (Å²) in [5, 5.41) is 19.2. The van der Waals surface area contributed by atoms with Gasteiger partial charge in [0, 0.05) is 6.54 Å². The highest BCUT2D eigenvalue weighted by Gasteiger charge is 2.32. The average Bonchev–Trinajstić information content (AvgIpc) is 2.40. The molecule has 98 valence electrons. The van der Waals surface area contributed by atoms with Crippen molar-refractivity contribution >= 4 is 6.09 Å². The molecular weight excluding hydrogens is 234 g/mol. The van der Waals surface area contributed by atoms with Crippen LogP contribution in [0.4, 0.5) is 4.79 Å². The summed E-state index contributed by atoms with van der Waals surface area (Å²) in [5.41, 5.74) is 0.887. The highest BCUT2D eigenvalue weighted by molar-refractivity contribution is 5.68. The van der Waals surface area contributed by atoms with E-state index in [1.165, 1.54) is 0 Å². The summed E-state index contributed by atoms with van der Waals surface area (Å²) < 4.78 is 5.10. The van der Waals surface area contributed by atoms with Gasteiger partial charge in [0.2, 0.25) is 0 Å². The van der Waals surface area contributed by atoms with Crippen LogP contribution in [-0.4, -0.2) is 40.1 Å². The Kier molecular flexibility index (Phi) is 4.17. The smallest absolute Gasteiger partial charge is 0.412 e. The van der Waals surface area contributed by atoms with E-state index in [1.54, 1.807) is 0 Å². The molecule has 5 nitrogen and oxygen atoms in total. The van der Waals surface area contributed by atoms with Crippen LogP contribution < -0.4 is 0 Å². The summed E-state index contributed by atoms with van der Waals surface area (Å²) in [4.78, 5) is 12.9. The van der Waals surface area contributed by atoms with Gasteiger partial charge in [-0.05, 0) is 18.4 Å². The van der Waals surface area contributed by atoms with E-state index in [1.807, 2.05) is 30.3 Å². The van der Waals surface area contributed by atoms with Crippen molar-refractivity contribution in [3.63, 3.8) is 0 Å². The fourth-order valence-electron chi connectivity index (χ4n) is 1.96. The standard InChI is InChI=1S/C13H17NO4/c15-11-7-4-8-14(12(11)16)13(17)18-9-10-5-2-1-3-6-10/h1-3,5-6,11-12,15-16H,4,7-9H2/t11-,12+/m1/s1. The first kappa shape index (κ1) is 12.9. The molecule has 5 heteroatoms. The second-order valence-electron chi connectivity index (χ2n) is 4.36. The van der Waals surface area contributed by atoms with Gasteiger partial charge in [0.25, 0.3) is 0 Å². The fourth-order valence-corrected chi connectivity index (χ4v) is 1.96. The van der Waals surface area contributed by atoms with E-state index in [4.69, 9.17) is 4.74 Å². The van der Waals surface area contributed by atoms with Gasteiger partial charge in [-0.1, -0.05) is 30.3 Å². The number of ether oxygens (including phenoxy) is 1. The van der Waals surface area contributed by atoms with Crippen LogP contribution in [0.3, 0.4) is 0 Å². The predicted octanol–water partition coefficient (Wildman–Crippen LogP) is 1.10. The first-order valence-corrected chi connectivity index (χ1v) is 6.02. The molecule has 0 spiro atoms. The fraction of sp³-hybridized carbons (Fsp3) is 0.462. The van der Waals surface area contributed by atoms with Crippen LogP contribution in [0.1, 0.15) is 18.4 Å². The molecule has 0 radical (unpaired) electrons. The lowest BCUT2D eigenvalue weighted by atomic mass is 10.1. The van der Waals surface area contributed by atoms with Gasteiger partial charge in [-0.2, -0.15) is 0 Å². The highest BCUT2D eigenvalue weighted by atomic mass is 16.6. The largest absolute Gasteiger partial charge is 0.444 e. The number of hydrogen-bond donors (Lipinski definition) is 2. The molecule has 1 amide bonds. The summed E-state index contributed by atoms with van der Waals surface area (Å²) in [6.45, 7) is 0.574. The van der Waals surface area contributed by atoms with E-state index in [0.717, 1.165) is 10.5 Å². The number of carbonyl (C=O) groups is 1. The van der Waals surface area contributed by atoms with Crippen molar-refractivity contribution in [2.45, 2.75) is 31.8 Å². The molecule has 0 aromatic heterocycles. The first-order chi connectivity index (χ1) is 8.68. The summed E-state index contributed by atoms with van der Waals surface area (Å²) >= 11 is 0. The van der Waals surface area contributed by atoms with Gasteiger partial charge in [0.05, 0.1) is 6.10 Å². The number of rotatable bonds is 2. The highest BCUT2D eigenvalue weighted by Crippen LogP contribution is 2.17. The van der Waals surface area contributed by atoms with Gasteiger partial charge >= 0.3 is 6.09 Å². The maximum atomic E-state index is 11.8. The molecule has 0 bridgehead atoms. The lowest BCUT2D eigenvalue weighted by Crippen LogP contribution is -2.51. The second kappa shape index (κ2) is 5.84. The molecule has 0 saturated carbocycles. The van der Waals surface area contributed by atoms with Gasteiger partial charge in [-0.15, -0.1) is 0 Å². The van der Waals surface area contributed by atoms with Gasteiger partial charge in [0.1, 0.15) is 6.61 Å². The summed E-state index contributed by atoms with van der Waals surface area (Å²) in [6.07, 6.45) is -1.47. The predicted molar refractivity (Wildman–Crippen MR) is 64.6 cm³/mol. The third kappa shape index (κ3) is 3.00. The summed E-state index contributed by atoms with van der Waals surface area (Å²) in [6, 6.07) is 9.32. The van der Waals surface area contributed by atoms with Crippen molar-refractivity contribution in [1.29, 1.82) is 0 Å². The molecule has 0 unspecified atom stereocenters. The van der Waals surface area contributed by atoms with E-state index in [9.17, 15) is 15.0 Å².